The number of amides is 3. The van der Waals surface area contributed by atoms with E-state index in [0.717, 1.165) is 18.8 Å². The third-order valence-corrected chi connectivity index (χ3v) is 5.32. The Morgan fingerprint density at radius 3 is 2.53 bits per heavy atom. The van der Waals surface area contributed by atoms with E-state index in [4.69, 9.17) is 14.5 Å². The number of hydrogen-bond donors (Lipinski definition) is 3. The molecule has 10 nitrogen and oxygen atoms in total. The summed E-state index contributed by atoms with van der Waals surface area (Å²) < 4.78 is 10.8. The minimum absolute atomic E-state index is 0. The largest absolute Gasteiger partial charge is 0.497 e. The lowest BCUT2D eigenvalue weighted by Gasteiger charge is -2.34. The number of urea groups is 1. The second kappa shape index (κ2) is 13.4. The maximum absolute atomic E-state index is 11.7. The highest BCUT2D eigenvalue weighted by Gasteiger charge is 2.27. The molecular formula is C21H33IN6O4. The lowest BCUT2D eigenvalue weighted by molar-refractivity contribution is -0.124. The standard InChI is InChI=1S/C21H32N6O4.HI/c1-3-22-20(23-8-9-27-19(28)15-25-21(27)29)24-14-18(26-10-12-31-13-11-26)16-4-6-17(30-2)7-5-16;/h4-7,18H,3,8-15H2,1-2H3,(H,25,29)(H2,22,23,24);1H. The van der Waals surface area contributed by atoms with Gasteiger partial charge in [0, 0.05) is 32.7 Å². The molecule has 3 amide bonds. The summed E-state index contributed by atoms with van der Waals surface area (Å²) in [5, 5.41) is 8.97. The van der Waals surface area contributed by atoms with Gasteiger partial charge in [-0.2, -0.15) is 0 Å². The fourth-order valence-corrected chi connectivity index (χ4v) is 3.63. The average molecular weight is 560 g/mol. The molecule has 2 saturated heterocycles. The van der Waals surface area contributed by atoms with Crippen molar-refractivity contribution in [2.45, 2.75) is 13.0 Å². The first-order valence-electron chi connectivity index (χ1n) is 10.7. The molecule has 1 aromatic carbocycles. The molecule has 2 aliphatic heterocycles. The van der Waals surface area contributed by atoms with Gasteiger partial charge in [-0.25, -0.2) is 4.79 Å². The lowest BCUT2D eigenvalue weighted by Crippen LogP contribution is -2.44. The van der Waals surface area contributed by atoms with Crippen molar-refractivity contribution >= 4 is 41.9 Å². The number of aliphatic imine (C=N–C) groups is 1. The average Bonchev–Trinajstić information content (AvgIpc) is 3.12. The Hall–Kier alpha value is -2.12. The van der Waals surface area contributed by atoms with Crippen LogP contribution in [-0.4, -0.2) is 93.8 Å². The van der Waals surface area contributed by atoms with Gasteiger partial charge in [0.25, 0.3) is 0 Å². The van der Waals surface area contributed by atoms with Crippen molar-refractivity contribution in [3.63, 3.8) is 0 Å². The van der Waals surface area contributed by atoms with Gasteiger partial charge in [0.05, 0.1) is 39.5 Å². The molecule has 1 unspecified atom stereocenters. The Bertz CT molecular complexity index is 754. The number of imide groups is 1. The van der Waals surface area contributed by atoms with Crippen molar-refractivity contribution < 1.29 is 19.1 Å². The summed E-state index contributed by atoms with van der Waals surface area (Å²) in [6, 6.07) is 7.85. The monoisotopic (exact) mass is 560 g/mol. The molecule has 32 heavy (non-hydrogen) atoms. The van der Waals surface area contributed by atoms with Crippen LogP contribution in [0.15, 0.2) is 29.3 Å². The molecule has 0 aliphatic carbocycles. The van der Waals surface area contributed by atoms with E-state index in [9.17, 15) is 9.59 Å². The number of methoxy groups -OCH3 is 1. The first-order valence-corrected chi connectivity index (χ1v) is 10.7. The van der Waals surface area contributed by atoms with Crippen molar-refractivity contribution in [3.8, 4) is 5.75 Å². The predicted molar refractivity (Wildman–Crippen MR) is 133 cm³/mol. The van der Waals surface area contributed by atoms with Crippen molar-refractivity contribution in [2.75, 3.05) is 66.1 Å². The topological polar surface area (TPSA) is 108 Å². The molecular weight excluding hydrogens is 527 g/mol. The molecule has 1 atom stereocenters. The molecule has 2 aliphatic rings. The van der Waals surface area contributed by atoms with Crippen LogP contribution in [0.25, 0.3) is 0 Å². The maximum atomic E-state index is 11.7. The van der Waals surface area contributed by atoms with Crippen molar-refractivity contribution in [1.82, 2.24) is 25.8 Å². The summed E-state index contributed by atoms with van der Waals surface area (Å²) in [5.41, 5.74) is 1.17. The Morgan fingerprint density at radius 1 is 1.22 bits per heavy atom. The highest BCUT2D eigenvalue weighted by atomic mass is 127. The lowest BCUT2D eigenvalue weighted by atomic mass is 10.0. The first-order chi connectivity index (χ1) is 15.1. The van der Waals surface area contributed by atoms with Crippen LogP contribution >= 0.6 is 24.0 Å². The van der Waals surface area contributed by atoms with Crippen molar-refractivity contribution in [3.05, 3.63) is 29.8 Å². The number of rotatable bonds is 9. The van der Waals surface area contributed by atoms with Crippen molar-refractivity contribution in [1.29, 1.82) is 0 Å². The van der Waals surface area contributed by atoms with Crippen LogP contribution in [0.2, 0.25) is 0 Å². The zero-order valence-electron chi connectivity index (χ0n) is 18.6. The molecule has 0 aromatic heterocycles. The summed E-state index contributed by atoms with van der Waals surface area (Å²) in [4.78, 5) is 31.8. The third kappa shape index (κ3) is 7.20. The molecule has 1 aromatic rings. The molecule has 2 heterocycles. The molecule has 2 fully saturated rings. The van der Waals surface area contributed by atoms with Gasteiger partial charge in [-0.15, -0.1) is 24.0 Å². The molecule has 0 radical (unpaired) electrons. The summed E-state index contributed by atoms with van der Waals surface area (Å²) in [6.45, 7) is 7.17. The summed E-state index contributed by atoms with van der Waals surface area (Å²) >= 11 is 0. The van der Waals surface area contributed by atoms with E-state index in [1.54, 1.807) is 7.11 Å². The van der Waals surface area contributed by atoms with Crippen LogP contribution in [0.5, 0.6) is 5.75 Å². The van der Waals surface area contributed by atoms with Crippen molar-refractivity contribution in [2.24, 2.45) is 4.99 Å². The summed E-state index contributed by atoms with van der Waals surface area (Å²) in [7, 11) is 1.66. The van der Waals surface area contributed by atoms with Crippen LogP contribution in [0.1, 0.15) is 18.5 Å². The number of nitrogens with zero attached hydrogens (tertiary/aromatic N) is 3. The smallest absolute Gasteiger partial charge is 0.324 e. The second-order valence-corrected chi connectivity index (χ2v) is 7.29. The quantitative estimate of drug-likeness (QED) is 0.178. The van der Waals surface area contributed by atoms with E-state index >= 15 is 0 Å². The van der Waals surface area contributed by atoms with E-state index in [0.29, 0.717) is 45.4 Å². The van der Waals surface area contributed by atoms with Crippen LogP contribution in [0.3, 0.4) is 0 Å². The SMILES string of the molecule is CCNC(=NCC(c1ccc(OC)cc1)N1CCOCC1)NCCN1C(=O)CNC1=O.I. The Balaban J connectivity index is 0.00000363. The number of halogens is 1. The maximum Gasteiger partial charge on any atom is 0.324 e. The van der Waals surface area contributed by atoms with Crippen LogP contribution < -0.4 is 20.7 Å². The minimum Gasteiger partial charge on any atom is -0.497 e. The van der Waals surface area contributed by atoms with E-state index in [-0.39, 0.29) is 48.5 Å². The van der Waals surface area contributed by atoms with Gasteiger partial charge in [-0.3, -0.25) is 19.6 Å². The number of nitrogens with one attached hydrogen (secondary N) is 3. The fraction of sp³-hybridized carbons (Fsp3) is 0.571. The van der Waals surface area contributed by atoms with E-state index in [2.05, 4.69) is 33.0 Å². The number of carbonyl (C=O) groups excluding carboxylic acids is 2. The van der Waals surface area contributed by atoms with Gasteiger partial charge in [-0.05, 0) is 24.6 Å². The molecule has 3 N–H and O–H groups in total. The number of hydrogen-bond acceptors (Lipinski definition) is 6. The second-order valence-electron chi connectivity index (χ2n) is 7.29. The number of guanidine groups is 1. The molecule has 0 saturated carbocycles. The zero-order chi connectivity index (χ0) is 22.1. The number of carbonyl (C=O) groups is 2. The highest BCUT2D eigenvalue weighted by molar-refractivity contribution is 14.0. The zero-order valence-corrected chi connectivity index (χ0v) is 21.0. The molecule has 3 rings (SSSR count). The third-order valence-electron chi connectivity index (χ3n) is 5.32. The minimum atomic E-state index is -0.347. The molecule has 0 bridgehead atoms. The van der Waals surface area contributed by atoms with Gasteiger partial charge in [0.1, 0.15) is 5.75 Å². The van der Waals surface area contributed by atoms with Crippen LogP contribution in [-0.2, 0) is 9.53 Å². The van der Waals surface area contributed by atoms with Gasteiger partial charge < -0.3 is 25.4 Å². The molecule has 0 spiro atoms. The number of morpholine rings is 1. The number of benzene rings is 1. The van der Waals surface area contributed by atoms with Crippen LogP contribution in [0.4, 0.5) is 4.79 Å². The van der Waals surface area contributed by atoms with E-state index < -0.39 is 0 Å². The Morgan fingerprint density at radius 2 is 1.94 bits per heavy atom. The van der Waals surface area contributed by atoms with Gasteiger partial charge in [-0.1, -0.05) is 12.1 Å². The van der Waals surface area contributed by atoms with Gasteiger partial charge in [0.15, 0.2) is 5.96 Å². The Labute approximate surface area is 206 Å². The predicted octanol–water partition coefficient (Wildman–Crippen LogP) is 0.793. The fourth-order valence-electron chi connectivity index (χ4n) is 3.63. The first kappa shape index (κ1) is 26.1. The normalized spacial score (nSPS) is 18.1. The summed E-state index contributed by atoms with van der Waals surface area (Å²) in [6.07, 6.45) is 0. The van der Waals surface area contributed by atoms with E-state index in [1.807, 2.05) is 19.1 Å². The van der Waals surface area contributed by atoms with Crippen LogP contribution in [0, 0.1) is 0 Å². The van der Waals surface area contributed by atoms with Gasteiger partial charge >= 0.3 is 6.03 Å². The van der Waals surface area contributed by atoms with Gasteiger partial charge in [0.2, 0.25) is 5.91 Å². The summed E-state index contributed by atoms with van der Waals surface area (Å²) in [5.74, 6) is 1.27. The molecule has 178 valence electrons. The number of ether oxygens (including phenoxy) is 2. The molecule has 11 heteroatoms. The van der Waals surface area contributed by atoms with E-state index in [1.165, 1.54) is 10.5 Å². The Kier molecular flexibility index (Phi) is 11.0. The highest BCUT2D eigenvalue weighted by Crippen LogP contribution is 2.24.